The molecule has 0 aliphatic carbocycles. The maximum Gasteiger partial charge on any atom is 0.273 e. The maximum absolute atomic E-state index is 12.0. The van der Waals surface area contributed by atoms with Gasteiger partial charge in [-0.2, -0.15) is 5.10 Å². The minimum Gasteiger partial charge on any atom is -0.870 e. The zero-order valence-electron chi connectivity index (χ0n) is 12.4. The molecule has 0 spiro atoms. The third kappa shape index (κ3) is 4.07. The number of nitrogens with zero attached hydrogens (tertiary/aromatic N) is 2. The predicted molar refractivity (Wildman–Crippen MR) is 88.3 cm³/mol. The molecule has 0 aromatic heterocycles. The summed E-state index contributed by atoms with van der Waals surface area (Å²) in [6, 6.07) is 8.65. The van der Waals surface area contributed by atoms with Gasteiger partial charge in [0, 0.05) is 16.1 Å². The van der Waals surface area contributed by atoms with Gasteiger partial charge < -0.3 is 9.84 Å². The molecule has 0 atom stereocenters. The SMILES string of the molecule is COc1cc([N+](=O)[O-])cc(/C=N/NC(=O)c2ccc(Br)cc2)c1[O-]. The zero-order chi connectivity index (χ0) is 17.7. The van der Waals surface area contributed by atoms with Crippen molar-refractivity contribution in [1.29, 1.82) is 0 Å². The van der Waals surface area contributed by atoms with Crippen LogP contribution in [0.25, 0.3) is 0 Å². The number of halogens is 1. The second-order valence-corrected chi connectivity index (χ2v) is 5.45. The monoisotopic (exact) mass is 392 g/mol. The van der Waals surface area contributed by atoms with Crippen molar-refractivity contribution in [3.63, 3.8) is 0 Å². The van der Waals surface area contributed by atoms with Gasteiger partial charge in [-0.1, -0.05) is 21.7 Å². The average Bonchev–Trinajstić information content (AvgIpc) is 2.56. The number of benzene rings is 2. The Hall–Kier alpha value is -2.94. The summed E-state index contributed by atoms with van der Waals surface area (Å²) < 4.78 is 5.64. The van der Waals surface area contributed by atoms with E-state index in [0.717, 1.165) is 22.8 Å². The van der Waals surface area contributed by atoms with Crippen LogP contribution >= 0.6 is 15.9 Å². The molecule has 0 aliphatic heterocycles. The van der Waals surface area contributed by atoms with Crippen LogP contribution in [-0.4, -0.2) is 24.2 Å². The number of nitrogens with one attached hydrogen (secondary N) is 1. The number of amides is 1. The number of non-ortho nitro benzene ring substituents is 1. The molecule has 0 fully saturated rings. The first-order chi connectivity index (χ1) is 11.4. The van der Waals surface area contributed by atoms with Crippen LogP contribution in [0.1, 0.15) is 15.9 Å². The molecule has 8 nitrogen and oxygen atoms in total. The summed E-state index contributed by atoms with van der Waals surface area (Å²) in [5, 5.41) is 26.5. The number of rotatable bonds is 5. The summed E-state index contributed by atoms with van der Waals surface area (Å²) in [6.45, 7) is 0. The summed E-state index contributed by atoms with van der Waals surface area (Å²) in [7, 11) is 1.23. The predicted octanol–water partition coefficient (Wildman–Crippen LogP) is 2.20. The Labute approximate surface area is 145 Å². The number of hydrazone groups is 1. The van der Waals surface area contributed by atoms with Crippen LogP contribution in [0.5, 0.6) is 11.5 Å². The van der Waals surface area contributed by atoms with Crippen LogP contribution in [0.15, 0.2) is 46.0 Å². The average molecular weight is 393 g/mol. The number of carbonyl (C=O) groups is 1. The summed E-state index contributed by atoms with van der Waals surface area (Å²) in [6.07, 6.45) is 1.04. The van der Waals surface area contributed by atoms with Crippen LogP contribution in [0.3, 0.4) is 0 Å². The highest BCUT2D eigenvalue weighted by Gasteiger charge is 2.11. The van der Waals surface area contributed by atoms with E-state index in [1.54, 1.807) is 24.3 Å². The summed E-state index contributed by atoms with van der Waals surface area (Å²) in [5.74, 6) is -1.22. The standard InChI is InChI=1S/C15H12BrN3O5/c1-24-13-7-12(19(22)23)6-10(14(13)20)8-17-18-15(21)9-2-4-11(16)5-3-9/h2-8,20H,1H3,(H,18,21)/p-1/b17-8+. The van der Waals surface area contributed by atoms with Crippen molar-refractivity contribution in [1.82, 2.24) is 5.43 Å². The third-order valence-electron chi connectivity index (χ3n) is 2.98. The highest BCUT2D eigenvalue weighted by Crippen LogP contribution is 2.31. The van der Waals surface area contributed by atoms with Gasteiger partial charge in [0.15, 0.2) is 0 Å². The van der Waals surface area contributed by atoms with Crippen molar-refractivity contribution in [3.8, 4) is 11.5 Å². The molecule has 0 saturated carbocycles. The highest BCUT2D eigenvalue weighted by molar-refractivity contribution is 9.10. The fourth-order valence-corrected chi connectivity index (χ4v) is 2.05. The van der Waals surface area contributed by atoms with Crippen molar-refractivity contribution >= 4 is 33.7 Å². The molecule has 0 saturated heterocycles. The largest absolute Gasteiger partial charge is 0.870 e. The first kappa shape index (κ1) is 17.4. The van der Waals surface area contributed by atoms with Gasteiger partial charge in [0.2, 0.25) is 0 Å². The Kier molecular flexibility index (Phi) is 5.48. The van der Waals surface area contributed by atoms with Crippen molar-refractivity contribution in [3.05, 3.63) is 62.1 Å². The highest BCUT2D eigenvalue weighted by atomic mass is 79.9. The summed E-state index contributed by atoms with van der Waals surface area (Å²) in [4.78, 5) is 22.1. The van der Waals surface area contributed by atoms with Gasteiger partial charge in [0.25, 0.3) is 11.6 Å². The Bertz CT molecular complexity index is 806. The Morgan fingerprint density at radius 3 is 2.58 bits per heavy atom. The quantitative estimate of drug-likeness (QED) is 0.475. The smallest absolute Gasteiger partial charge is 0.273 e. The summed E-state index contributed by atoms with van der Waals surface area (Å²) in [5.41, 5.74) is 2.23. The molecule has 0 unspecified atom stereocenters. The van der Waals surface area contributed by atoms with Crippen LogP contribution < -0.4 is 15.3 Å². The molecule has 0 radical (unpaired) electrons. The molecule has 0 aliphatic rings. The number of hydrogen-bond donors (Lipinski definition) is 1. The molecular weight excluding hydrogens is 382 g/mol. The van der Waals surface area contributed by atoms with Gasteiger partial charge in [-0.3, -0.25) is 14.9 Å². The van der Waals surface area contributed by atoms with Gasteiger partial charge >= 0.3 is 0 Å². The van der Waals surface area contributed by atoms with Crippen LogP contribution in [0, 0.1) is 10.1 Å². The van der Waals surface area contributed by atoms with E-state index < -0.39 is 16.6 Å². The van der Waals surface area contributed by atoms with Gasteiger partial charge in [-0.15, -0.1) is 0 Å². The van der Waals surface area contributed by atoms with Crippen molar-refractivity contribution in [2.24, 2.45) is 5.10 Å². The van der Waals surface area contributed by atoms with Gasteiger partial charge in [0.1, 0.15) is 5.75 Å². The lowest BCUT2D eigenvalue weighted by Crippen LogP contribution is -2.17. The number of nitro groups is 1. The molecule has 1 amide bonds. The first-order valence-corrected chi connectivity index (χ1v) is 7.34. The molecule has 2 aromatic rings. The van der Waals surface area contributed by atoms with Gasteiger partial charge in [0.05, 0.1) is 24.3 Å². The molecular formula is C15H11BrN3O5-. The van der Waals surface area contributed by atoms with Crippen LogP contribution in [0.2, 0.25) is 0 Å². The molecule has 2 rings (SSSR count). The molecule has 1 N–H and O–H groups in total. The molecule has 0 heterocycles. The lowest BCUT2D eigenvalue weighted by molar-refractivity contribution is -0.385. The molecule has 9 heteroatoms. The van der Waals surface area contributed by atoms with Crippen molar-refractivity contribution in [2.45, 2.75) is 0 Å². The minimum atomic E-state index is -0.653. The molecule has 24 heavy (non-hydrogen) atoms. The fraction of sp³-hybridized carbons (Fsp3) is 0.0667. The van der Waals surface area contributed by atoms with E-state index in [9.17, 15) is 20.0 Å². The number of hydrogen-bond acceptors (Lipinski definition) is 6. The van der Waals surface area contributed by atoms with E-state index in [4.69, 9.17) is 4.74 Å². The topological polar surface area (TPSA) is 117 Å². The van der Waals surface area contributed by atoms with Crippen molar-refractivity contribution < 1.29 is 19.6 Å². The van der Waals surface area contributed by atoms with Crippen molar-refractivity contribution in [2.75, 3.05) is 7.11 Å². The van der Waals surface area contributed by atoms with E-state index >= 15 is 0 Å². The lowest BCUT2D eigenvalue weighted by atomic mass is 10.2. The van der Waals surface area contributed by atoms with Crippen LogP contribution in [-0.2, 0) is 0 Å². The molecule has 124 valence electrons. The van der Waals surface area contributed by atoms with E-state index in [1.165, 1.54) is 7.11 Å². The number of methoxy groups -OCH3 is 1. The van der Waals surface area contributed by atoms with Gasteiger partial charge in [-0.25, -0.2) is 5.43 Å². The number of ether oxygens (including phenoxy) is 1. The summed E-state index contributed by atoms with van der Waals surface area (Å²) >= 11 is 3.25. The molecule has 0 bridgehead atoms. The second-order valence-electron chi connectivity index (χ2n) is 4.53. The number of nitro benzene ring substituents is 1. The first-order valence-electron chi connectivity index (χ1n) is 6.54. The van der Waals surface area contributed by atoms with Crippen LogP contribution in [0.4, 0.5) is 5.69 Å². The Morgan fingerprint density at radius 2 is 2.00 bits per heavy atom. The third-order valence-corrected chi connectivity index (χ3v) is 3.50. The van der Waals surface area contributed by atoms with Gasteiger partial charge in [-0.05, 0) is 29.8 Å². The van der Waals surface area contributed by atoms with E-state index in [-0.39, 0.29) is 17.0 Å². The normalized spacial score (nSPS) is 10.6. The number of carbonyl (C=O) groups excluding carboxylic acids is 1. The van der Waals surface area contributed by atoms with E-state index in [1.807, 2.05) is 0 Å². The second kappa shape index (κ2) is 7.55. The minimum absolute atomic E-state index is 0.0721. The van der Waals surface area contributed by atoms with E-state index in [0.29, 0.717) is 5.56 Å². The molecule has 2 aromatic carbocycles. The zero-order valence-corrected chi connectivity index (χ0v) is 13.9. The maximum atomic E-state index is 12.0. The lowest BCUT2D eigenvalue weighted by Gasteiger charge is -2.14. The Morgan fingerprint density at radius 1 is 1.33 bits per heavy atom. The Balaban J connectivity index is 2.19. The van der Waals surface area contributed by atoms with E-state index in [2.05, 4.69) is 26.5 Å². The fourth-order valence-electron chi connectivity index (χ4n) is 1.79.